The van der Waals surface area contributed by atoms with Gasteiger partial charge in [-0.3, -0.25) is 4.79 Å². The molecule has 3 aromatic carbocycles. The Morgan fingerprint density at radius 1 is 0.586 bits per heavy atom. The van der Waals surface area contributed by atoms with E-state index in [2.05, 4.69) is 16.0 Å². The van der Waals surface area contributed by atoms with E-state index in [1.165, 1.54) is 0 Å². The van der Waals surface area contributed by atoms with Crippen molar-refractivity contribution in [2.24, 2.45) is 0 Å². The van der Waals surface area contributed by atoms with E-state index in [-0.39, 0.29) is 5.91 Å². The van der Waals surface area contributed by atoms with Gasteiger partial charge in [-0.15, -0.1) is 0 Å². The predicted molar refractivity (Wildman–Crippen MR) is 119 cm³/mol. The van der Waals surface area contributed by atoms with Crippen molar-refractivity contribution in [3.8, 4) is 0 Å². The van der Waals surface area contributed by atoms with Gasteiger partial charge in [-0.25, -0.2) is 4.79 Å². The number of rotatable bonds is 4. The van der Waals surface area contributed by atoms with Gasteiger partial charge in [0.1, 0.15) is 0 Å². The molecule has 5 nitrogen and oxygen atoms in total. The van der Waals surface area contributed by atoms with Crippen LogP contribution in [-0.4, -0.2) is 11.9 Å². The van der Waals surface area contributed by atoms with E-state index in [1.807, 2.05) is 64.1 Å². The number of para-hydroxylation sites is 3. The van der Waals surface area contributed by atoms with Gasteiger partial charge in [0, 0.05) is 11.4 Å². The van der Waals surface area contributed by atoms with Crippen LogP contribution in [0.4, 0.5) is 21.9 Å². The summed E-state index contributed by atoms with van der Waals surface area (Å²) in [5, 5.41) is 8.64. The first-order valence-electron chi connectivity index (χ1n) is 9.47. The highest BCUT2D eigenvalue weighted by Gasteiger charge is 2.15. The molecule has 3 amide bonds. The fourth-order valence-corrected chi connectivity index (χ4v) is 3.26. The summed E-state index contributed by atoms with van der Waals surface area (Å²) in [6, 6.07) is 18.2. The van der Waals surface area contributed by atoms with Crippen LogP contribution in [0.5, 0.6) is 0 Å². The quantitative estimate of drug-likeness (QED) is 0.528. The van der Waals surface area contributed by atoms with Crippen molar-refractivity contribution in [3.63, 3.8) is 0 Å². The van der Waals surface area contributed by atoms with Crippen LogP contribution in [0.1, 0.15) is 32.6 Å². The molecule has 0 atom stereocenters. The van der Waals surface area contributed by atoms with Gasteiger partial charge in [0.25, 0.3) is 5.91 Å². The molecule has 3 N–H and O–H groups in total. The highest BCUT2D eigenvalue weighted by Crippen LogP contribution is 2.23. The zero-order valence-corrected chi connectivity index (χ0v) is 17.1. The second-order valence-electron chi connectivity index (χ2n) is 7.11. The Morgan fingerprint density at radius 2 is 1.07 bits per heavy atom. The van der Waals surface area contributed by atoms with Crippen molar-refractivity contribution in [3.05, 3.63) is 88.5 Å². The molecule has 148 valence electrons. The number of aryl methyl sites for hydroxylation is 4. The molecule has 0 heterocycles. The minimum absolute atomic E-state index is 0.273. The molecule has 0 aliphatic heterocycles. The molecule has 29 heavy (non-hydrogen) atoms. The highest BCUT2D eigenvalue weighted by molar-refractivity contribution is 6.11. The van der Waals surface area contributed by atoms with Crippen molar-refractivity contribution >= 4 is 29.0 Å². The first kappa shape index (κ1) is 20.1. The molecule has 0 spiro atoms. The number of nitrogens with one attached hydrogen (secondary N) is 3. The van der Waals surface area contributed by atoms with Crippen LogP contribution in [0.2, 0.25) is 0 Å². The summed E-state index contributed by atoms with van der Waals surface area (Å²) in [7, 11) is 0. The third-order valence-corrected chi connectivity index (χ3v) is 4.86. The lowest BCUT2D eigenvalue weighted by molar-refractivity contribution is 0.102. The number of carbonyl (C=O) groups is 2. The normalized spacial score (nSPS) is 10.3. The number of hydrogen-bond donors (Lipinski definition) is 3. The van der Waals surface area contributed by atoms with Gasteiger partial charge in [-0.2, -0.15) is 0 Å². The number of urea groups is 1. The molecule has 0 aromatic heterocycles. The number of hydrogen-bond acceptors (Lipinski definition) is 2. The second-order valence-corrected chi connectivity index (χ2v) is 7.11. The second kappa shape index (κ2) is 8.61. The molecule has 3 rings (SSSR count). The summed E-state index contributed by atoms with van der Waals surface area (Å²) in [6.07, 6.45) is 0. The lowest BCUT2D eigenvalue weighted by atomic mass is 10.1. The highest BCUT2D eigenvalue weighted by atomic mass is 16.2. The fourth-order valence-electron chi connectivity index (χ4n) is 3.26. The van der Waals surface area contributed by atoms with Crippen LogP contribution in [-0.2, 0) is 0 Å². The van der Waals surface area contributed by atoms with Gasteiger partial charge < -0.3 is 16.0 Å². The third kappa shape index (κ3) is 4.63. The van der Waals surface area contributed by atoms with Crippen LogP contribution >= 0.6 is 0 Å². The van der Waals surface area contributed by atoms with E-state index in [0.29, 0.717) is 11.3 Å². The maximum absolute atomic E-state index is 12.9. The Hall–Kier alpha value is -3.60. The summed E-state index contributed by atoms with van der Waals surface area (Å²) in [4.78, 5) is 25.5. The lowest BCUT2D eigenvalue weighted by Gasteiger charge is -2.16. The van der Waals surface area contributed by atoms with Crippen molar-refractivity contribution < 1.29 is 9.59 Å². The van der Waals surface area contributed by atoms with Crippen molar-refractivity contribution in [2.45, 2.75) is 27.7 Å². The predicted octanol–water partition coefficient (Wildman–Crippen LogP) is 5.82. The summed E-state index contributed by atoms with van der Waals surface area (Å²) in [6.45, 7) is 7.78. The van der Waals surface area contributed by atoms with E-state index < -0.39 is 6.03 Å². The molecule has 0 unspecified atom stereocenters. The van der Waals surface area contributed by atoms with Gasteiger partial charge in [-0.05, 0) is 62.1 Å². The molecule has 0 saturated carbocycles. The van der Waals surface area contributed by atoms with Gasteiger partial charge >= 0.3 is 6.03 Å². The molecule has 5 heteroatoms. The monoisotopic (exact) mass is 387 g/mol. The number of amides is 3. The van der Waals surface area contributed by atoms with Crippen molar-refractivity contribution in [1.82, 2.24) is 0 Å². The number of carbonyl (C=O) groups excluding carboxylic acids is 2. The van der Waals surface area contributed by atoms with Crippen LogP contribution in [0.25, 0.3) is 0 Å². The average Bonchev–Trinajstić information content (AvgIpc) is 2.68. The van der Waals surface area contributed by atoms with Crippen LogP contribution in [0.3, 0.4) is 0 Å². The molecular weight excluding hydrogens is 362 g/mol. The minimum Gasteiger partial charge on any atom is -0.321 e. The van der Waals surface area contributed by atoms with Crippen LogP contribution in [0, 0.1) is 27.7 Å². The zero-order valence-electron chi connectivity index (χ0n) is 17.1. The summed E-state index contributed by atoms with van der Waals surface area (Å²) in [5.41, 5.74) is 6.30. The average molecular weight is 387 g/mol. The molecule has 0 fully saturated rings. The van der Waals surface area contributed by atoms with Gasteiger partial charge in [0.2, 0.25) is 0 Å². The van der Waals surface area contributed by atoms with E-state index >= 15 is 0 Å². The molecule has 0 aliphatic rings. The first-order chi connectivity index (χ1) is 13.9. The SMILES string of the molecule is Cc1cccc(C)c1NC(=O)Nc1ccccc1C(=O)Nc1c(C)cccc1C. The molecule has 0 aliphatic carbocycles. The molecular formula is C24H25N3O2. The summed E-state index contributed by atoms with van der Waals surface area (Å²) in [5.74, 6) is -0.273. The van der Waals surface area contributed by atoms with Gasteiger partial charge in [-0.1, -0.05) is 48.5 Å². The van der Waals surface area contributed by atoms with Crippen LogP contribution in [0.15, 0.2) is 60.7 Å². The number of benzene rings is 3. The third-order valence-electron chi connectivity index (χ3n) is 4.86. The fraction of sp³-hybridized carbons (Fsp3) is 0.167. The standard InChI is InChI=1S/C24H25N3O2/c1-15-9-7-10-16(2)21(15)26-23(28)19-13-5-6-14-20(19)25-24(29)27-22-17(3)11-8-12-18(22)4/h5-14H,1-4H3,(H,26,28)(H2,25,27,29). The Labute approximate surface area is 171 Å². The van der Waals surface area contributed by atoms with Crippen molar-refractivity contribution in [2.75, 3.05) is 16.0 Å². The topological polar surface area (TPSA) is 70.2 Å². The summed E-state index contributed by atoms with van der Waals surface area (Å²) >= 11 is 0. The van der Waals surface area contributed by atoms with Gasteiger partial charge in [0.05, 0.1) is 11.3 Å². The van der Waals surface area contributed by atoms with Crippen molar-refractivity contribution in [1.29, 1.82) is 0 Å². The summed E-state index contributed by atoms with van der Waals surface area (Å²) < 4.78 is 0. The minimum atomic E-state index is -0.394. The Kier molecular flexibility index (Phi) is 5.98. The Morgan fingerprint density at radius 3 is 1.62 bits per heavy atom. The van der Waals surface area contributed by atoms with E-state index in [0.717, 1.165) is 33.6 Å². The van der Waals surface area contributed by atoms with E-state index in [4.69, 9.17) is 0 Å². The first-order valence-corrected chi connectivity index (χ1v) is 9.47. The maximum Gasteiger partial charge on any atom is 0.323 e. The molecule has 0 radical (unpaired) electrons. The largest absolute Gasteiger partial charge is 0.323 e. The zero-order chi connectivity index (χ0) is 21.0. The van der Waals surface area contributed by atoms with Crippen LogP contribution < -0.4 is 16.0 Å². The molecule has 3 aromatic rings. The number of anilines is 3. The molecule has 0 bridgehead atoms. The van der Waals surface area contributed by atoms with E-state index in [1.54, 1.807) is 24.3 Å². The maximum atomic E-state index is 12.9. The Balaban J connectivity index is 1.80. The van der Waals surface area contributed by atoms with Gasteiger partial charge in [0.15, 0.2) is 0 Å². The molecule has 0 saturated heterocycles. The lowest BCUT2D eigenvalue weighted by Crippen LogP contribution is -2.23. The van der Waals surface area contributed by atoms with E-state index in [9.17, 15) is 9.59 Å². The Bertz CT molecular complexity index is 1030. The smallest absolute Gasteiger partial charge is 0.321 e.